The summed E-state index contributed by atoms with van der Waals surface area (Å²) in [5.74, 6) is 1.58. The van der Waals surface area contributed by atoms with Crippen molar-refractivity contribution < 1.29 is 4.74 Å². The second-order valence-electron chi connectivity index (χ2n) is 14.2. The van der Waals surface area contributed by atoms with Gasteiger partial charge in [0.05, 0.1) is 5.69 Å². The number of nitrogens with zero attached hydrogens (tertiary/aromatic N) is 1. The molecule has 9 aromatic carbocycles. The minimum atomic E-state index is 0.784. The standard InChI is InChI=1S/C54H37NO/c1-37-10-8-19-53(56-54-18-7-6-14-48(37)54)43-28-33-47(34-29-43)55(52-17-9-16-50-49-15-5-4-12-42(49)30-35-51(50)52)46-31-26-40(27-32-46)39-20-22-41(23-21-39)45-25-24-38-11-2-3-13-44(38)36-45/h2-36H,1H2/b10-8-,53-19-. The molecular weight excluding hydrogens is 679 g/mol. The van der Waals surface area contributed by atoms with Crippen LogP contribution in [-0.2, 0) is 0 Å². The van der Waals surface area contributed by atoms with E-state index in [-0.39, 0.29) is 0 Å². The highest BCUT2D eigenvalue weighted by Crippen LogP contribution is 2.42. The van der Waals surface area contributed by atoms with E-state index in [0.717, 1.165) is 45.3 Å². The molecule has 0 radical (unpaired) electrons. The maximum absolute atomic E-state index is 6.50. The topological polar surface area (TPSA) is 12.5 Å². The summed E-state index contributed by atoms with van der Waals surface area (Å²) in [6.45, 7) is 4.23. The van der Waals surface area contributed by atoms with Gasteiger partial charge < -0.3 is 9.64 Å². The molecule has 56 heavy (non-hydrogen) atoms. The van der Waals surface area contributed by atoms with Crippen LogP contribution < -0.4 is 9.64 Å². The van der Waals surface area contributed by atoms with E-state index in [4.69, 9.17) is 4.74 Å². The van der Waals surface area contributed by atoms with E-state index in [0.29, 0.717) is 0 Å². The quantitative estimate of drug-likeness (QED) is 0.159. The molecule has 1 aliphatic heterocycles. The monoisotopic (exact) mass is 715 g/mol. The van der Waals surface area contributed by atoms with Gasteiger partial charge in [-0.05, 0) is 115 Å². The molecular formula is C54H37NO. The number of rotatable bonds is 6. The molecule has 2 heteroatoms. The van der Waals surface area contributed by atoms with Crippen molar-refractivity contribution in [2.75, 3.05) is 4.90 Å². The fourth-order valence-electron chi connectivity index (χ4n) is 7.92. The van der Waals surface area contributed by atoms with Crippen molar-refractivity contribution in [3.63, 3.8) is 0 Å². The third-order valence-corrected chi connectivity index (χ3v) is 10.8. The van der Waals surface area contributed by atoms with Crippen LogP contribution in [0.2, 0.25) is 0 Å². The molecule has 0 aliphatic carbocycles. The van der Waals surface area contributed by atoms with Gasteiger partial charge >= 0.3 is 0 Å². The van der Waals surface area contributed by atoms with Crippen LogP contribution in [0.5, 0.6) is 5.75 Å². The highest BCUT2D eigenvalue weighted by Gasteiger charge is 2.18. The summed E-state index contributed by atoms with van der Waals surface area (Å²) in [5.41, 5.74) is 10.9. The molecule has 0 bridgehead atoms. The van der Waals surface area contributed by atoms with Gasteiger partial charge in [0, 0.05) is 27.9 Å². The molecule has 0 unspecified atom stereocenters. The van der Waals surface area contributed by atoms with E-state index in [2.05, 4.69) is 181 Å². The number of anilines is 3. The number of hydrogen-bond acceptors (Lipinski definition) is 2. The van der Waals surface area contributed by atoms with Crippen molar-refractivity contribution in [1.29, 1.82) is 0 Å². The Hall–Kier alpha value is -7.42. The largest absolute Gasteiger partial charge is 0.456 e. The highest BCUT2D eigenvalue weighted by molar-refractivity contribution is 6.12. The zero-order valence-electron chi connectivity index (χ0n) is 30.8. The molecule has 0 saturated carbocycles. The van der Waals surface area contributed by atoms with Crippen LogP contribution in [0.3, 0.4) is 0 Å². The van der Waals surface area contributed by atoms with Crippen LogP contribution in [0.1, 0.15) is 11.1 Å². The lowest BCUT2D eigenvalue weighted by atomic mass is 9.98. The molecule has 2 nitrogen and oxygen atoms in total. The molecule has 0 atom stereocenters. The maximum Gasteiger partial charge on any atom is 0.135 e. The summed E-state index contributed by atoms with van der Waals surface area (Å²) in [5, 5.41) is 7.40. The van der Waals surface area contributed by atoms with E-state index >= 15 is 0 Å². The van der Waals surface area contributed by atoms with E-state index in [1.807, 2.05) is 42.5 Å². The number of benzene rings is 9. The number of fused-ring (bicyclic) bond motifs is 5. The maximum atomic E-state index is 6.50. The number of ether oxygens (including phenoxy) is 1. The van der Waals surface area contributed by atoms with Crippen molar-refractivity contribution in [2.24, 2.45) is 0 Å². The van der Waals surface area contributed by atoms with E-state index in [9.17, 15) is 0 Å². The molecule has 9 aromatic rings. The van der Waals surface area contributed by atoms with Crippen LogP contribution in [-0.4, -0.2) is 0 Å². The fraction of sp³-hybridized carbons (Fsp3) is 0. The van der Waals surface area contributed by atoms with Crippen LogP contribution in [0, 0.1) is 0 Å². The number of hydrogen-bond donors (Lipinski definition) is 0. The Labute approximate surface area is 327 Å². The van der Waals surface area contributed by atoms with Gasteiger partial charge in [0.25, 0.3) is 0 Å². The van der Waals surface area contributed by atoms with Crippen LogP contribution in [0.15, 0.2) is 219 Å². The van der Waals surface area contributed by atoms with Crippen LogP contribution in [0.4, 0.5) is 17.1 Å². The van der Waals surface area contributed by atoms with Crippen LogP contribution in [0.25, 0.3) is 65.9 Å². The van der Waals surface area contributed by atoms with Crippen molar-refractivity contribution >= 4 is 60.7 Å². The third kappa shape index (κ3) is 6.14. The Bertz CT molecular complexity index is 2990. The number of para-hydroxylation sites is 1. The van der Waals surface area contributed by atoms with E-state index in [1.165, 1.54) is 54.6 Å². The Kier molecular flexibility index (Phi) is 8.35. The summed E-state index contributed by atoms with van der Waals surface area (Å²) < 4.78 is 6.50. The van der Waals surface area contributed by atoms with Gasteiger partial charge in [-0.3, -0.25) is 0 Å². The molecule has 10 rings (SSSR count). The predicted octanol–water partition coefficient (Wildman–Crippen LogP) is 15.0. The van der Waals surface area contributed by atoms with Gasteiger partial charge in [-0.15, -0.1) is 0 Å². The minimum absolute atomic E-state index is 0.784. The van der Waals surface area contributed by atoms with Gasteiger partial charge in [0.15, 0.2) is 0 Å². The molecule has 0 saturated heterocycles. The molecule has 0 fully saturated rings. The van der Waals surface area contributed by atoms with E-state index < -0.39 is 0 Å². The van der Waals surface area contributed by atoms with Crippen molar-refractivity contribution in [3.05, 3.63) is 230 Å². The molecule has 1 heterocycles. The zero-order valence-corrected chi connectivity index (χ0v) is 30.8. The lowest BCUT2D eigenvalue weighted by Crippen LogP contribution is -2.10. The van der Waals surface area contributed by atoms with Crippen molar-refractivity contribution in [3.8, 4) is 28.0 Å². The van der Waals surface area contributed by atoms with Gasteiger partial charge in [-0.2, -0.15) is 0 Å². The summed E-state index contributed by atoms with van der Waals surface area (Å²) >= 11 is 0. The average molecular weight is 716 g/mol. The van der Waals surface area contributed by atoms with Gasteiger partial charge in [-0.1, -0.05) is 158 Å². The zero-order chi connectivity index (χ0) is 37.4. The van der Waals surface area contributed by atoms with Crippen LogP contribution >= 0.6 is 0 Å². The lowest BCUT2D eigenvalue weighted by molar-refractivity contribution is 0.513. The summed E-state index contributed by atoms with van der Waals surface area (Å²) in [7, 11) is 0. The van der Waals surface area contributed by atoms with E-state index in [1.54, 1.807) is 0 Å². The fourth-order valence-corrected chi connectivity index (χ4v) is 7.92. The van der Waals surface area contributed by atoms with Crippen molar-refractivity contribution in [2.45, 2.75) is 0 Å². The predicted molar refractivity (Wildman–Crippen MR) is 238 cm³/mol. The average Bonchev–Trinajstić information content (AvgIpc) is 3.26. The first kappa shape index (κ1) is 33.2. The summed E-state index contributed by atoms with van der Waals surface area (Å²) in [6.07, 6.45) is 6.05. The summed E-state index contributed by atoms with van der Waals surface area (Å²) in [6, 6.07) is 69.4. The second-order valence-corrected chi connectivity index (χ2v) is 14.2. The highest BCUT2D eigenvalue weighted by atomic mass is 16.5. The molecule has 1 aliphatic rings. The lowest BCUT2D eigenvalue weighted by Gasteiger charge is -2.27. The first-order valence-corrected chi connectivity index (χ1v) is 19.0. The Morgan fingerprint density at radius 3 is 1.75 bits per heavy atom. The Morgan fingerprint density at radius 2 is 0.982 bits per heavy atom. The first-order valence-electron chi connectivity index (χ1n) is 19.0. The normalized spacial score (nSPS) is 14.0. The Morgan fingerprint density at radius 1 is 0.411 bits per heavy atom. The molecule has 0 aromatic heterocycles. The van der Waals surface area contributed by atoms with Gasteiger partial charge in [-0.25, -0.2) is 0 Å². The molecule has 0 spiro atoms. The minimum Gasteiger partial charge on any atom is -0.456 e. The van der Waals surface area contributed by atoms with Crippen molar-refractivity contribution in [1.82, 2.24) is 0 Å². The third-order valence-electron chi connectivity index (χ3n) is 10.8. The first-order chi connectivity index (χ1) is 27.7. The summed E-state index contributed by atoms with van der Waals surface area (Å²) in [4.78, 5) is 2.36. The Balaban J connectivity index is 1.02. The smallest absolute Gasteiger partial charge is 0.135 e. The second kappa shape index (κ2) is 14.1. The molecule has 0 N–H and O–H groups in total. The molecule has 0 amide bonds. The SMILES string of the molecule is C=C1/C=C\C=C(\c2ccc(N(c3ccc(-c4ccc(-c5ccc6ccccc6c5)cc4)cc3)c3cccc4c3ccc3ccccc34)cc2)Oc2ccccc21. The van der Waals surface area contributed by atoms with Gasteiger partial charge in [0.1, 0.15) is 11.5 Å². The molecule has 264 valence electrons. The van der Waals surface area contributed by atoms with Gasteiger partial charge in [0.2, 0.25) is 0 Å². The number of allylic oxidation sites excluding steroid dienone is 4.